The molecule has 0 aliphatic carbocycles. The van der Waals surface area contributed by atoms with Crippen LogP contribution in [-0.2, 0) is 5.41 Å². The minimum absolute atomic E-state index is 0.252. The van der Waals surface area contributed by atoms with Crippen molar-refractivity contribution in [2.45, 2.75) is 26.2 Å². The zero-order valence-electron chi connectivity index (χ0n) is 9.83. The SMILES string of the molecule is CC(C)(C)c1ccc(N2CC=CC2)cc1. The maximum atomic E-state index is 2.37. The van der Waals surface area contributed by atoms with Crippen LogP contribution in [0.3, 0.4) is 0 Å². The van der Waals surface area contributed by atoms with Crippen LogP contribution in [0.1, 0.15) is 26.3 Å². The van der Waals surface area contributed by atoms with E-state index in [1.165, 1.54) is 11.3 Å². The van der Waals surface area contributed by atoms with Gasteiger partial charge in [-0.3, -0.25) is 0 Å². The molecule has 0 aromatic heterocycles. The van der Waals surface area contributed by atoms with Gasteiger partial charge in [-0.15, -0.1) is 0 Å². The first-order chi connectivity index (χ1) is 7.07. The summed E-state index contributed by atoms with van der Waals surface area (Å²) in [7, 11) is 0. The summed E-state index contributed by atoms with van der Waals surface area (Å²) in [5, 5.41) is 0. The van der Waals surface area contributed by atoms with E-state index >= 15 is 0 Å². The molecule has 0 amide bonds. The fourth-order valence-electron chi connectivity index (χ4n) is 1.86. The quantitative estimate of drug-likeness (QED) is 0.630. The van der Waals surface area contributed by atoms with Crippen molar-refractivity contribution in [3.63, 3.8) is 0 Å². The van der Waals surface area contributed by atoms with E-state index in [1.54, 1.807) is 0 Å². The molecule has 1 aromatic carbocycles. The summed E-state index contributed by atoms with van der Waals surface area (Å²) in [5.41, 5.74) is 2.98. The molecular weight excluding hydrogens is 182 g/mol. The maximum absolute atomic E-state index is 2.37. The van der Waals surface area contributed by atoms with Gasteiger partial charge in [-0.1, -0.05) is 45.1 Å². The molecule has 0 bridgehead atoms. The van der Waals surface area contributed by atoms with E-state index in [9.17, 15) is 0 Å². The number of anilines is 1. The van der Waals surface area contributed by atoms with Gasteiger partial charge in [0.1, 0.15) is 0 Å². The minimum Gasteiger partial charge on any atom is -0.364 e. The zero-order valence-corrected chi connectivity index (χ0v) is 9.83. The molecule has 0 saturated heterocycles. The lowest BCUT2D eigenvalue weighted by atomic mass is 9.87. The fraction of sp³-hybridized carbons (Fsp3) is 0.429. The molecule has 1 heteroatoms. The first-order valence-electron chi connectivity index (χ1n) is 5.58. The summed E-state index contributed by atoms with van der Waals surface area (Å²) >= 11 is 0. The fourth-order valence-corrected chi connectivity index (χ4v) is 1.86. The third-order valence-electron chi connectivity index (χ3n) is 2.92. The van der Waals surface area contributed by atoms with Gasteiger partial charge >= 0.3 is 0 Å². The maximum Gasteiger partial charge on any atom is 0.0372 e. The minimum atomic E-state index is 0.252. The molecule has 1 aliphatic heterocycles. The first-order valence-corrected chi connectivity index (χ1v) is 5.58. The number of hydrogen-bond acceptors (Lipinski definition) is 1. The second kappa shape index (κ2) is 3.73. The van der Waals surface area contributed by atoms with Crippen LogP contribution < -0.4 is 4.90 Å². The van der Waals surface area contributed by atoms with Gasteiger partial charge in [-0.25, -0.2) is 0 Å². The van der Waals surface area contributed by atoms with Crippen molar-refractivity contribution in [1.82, 2.24) is 0 Å². The van der Waals surface area contributed by atoms with Crippen molar-refractivity contribution in [1.29, 1.82) is 0 Å². The lowest BCUT2D eigenvalue weighted by Crippen LogP contribution is -2.18. The number of hydrogen-bond donors (Lipinski definition) is 0. The molecule has 0 fully saturated rings. The molecule has 80 valence electrons. The molecule has 1 aliphatic rings. The van der Waals surface area contributed by atoms with Crippen molar-refractivity contribution in [3.05, 3.63) is 42.0 Å². The molecule has 0 atom stereocenters. The zero-order chi connectivity index (χ0) is 10.9. The van der Waals surface area contributed by atoms with Gasteiger partial charge in [0.2, 0.25) is 0 Å². The Morgan fingerprint density at radius 2 is 1.47 bits per heavy atom. The third kappa shape index (κ3) is 2.23. The van der Waals surface area contributed by atoms with Gasteiger partial charge in [0.15, 0.2) is 0 Å². The monoisotopic (exact) mass is 201 g/mol. The Morgan fingerprint density at radius 3 is 1.93 bits per heavy atom. The number of benzene rings is 1. The lowest BCUT2D eigenvalue weighted by molar-refractivity contribution is 0.590. The molecule has 0 saturated carbocycles. The van der Waals surface area contributed by atoms with Gasteiger partial charge in [0, 0.05) is 18.8 Å². The molecule has 1 heterocycles. The molecule has 1 aromatic rings. The highest BCUT2D eigenvalue weighted by Crippen LogP contribution is 2.25. The van der Waals surface area contributed by atoms with Crippen LogP contribution in [0.15, 0.2) is 36.4 Å². The average molecular weight is 201 g/mol. The Bertz CT molecular complexity index is 346. The van der Waals surface area contributed by atoms with Crippen LogP contribution in [0.25, 0.3) is 0 Å². The standard InChI is InChI=1S/C14H19N/c1-14(2,3)12-6-8-13(9-7-12)15-10-4-5-11-15/h4-9H,10-11H2,1-3H3. The van der Waals surface area contributed by atoms with Crippen molar-refractivity contribution in [2.24, 2.45) is 0 Å². The van der Waals surface area contributed by atoms with Gasteiger partial charge in [0.05, 0.1) is 0 Å². The van der Waals surface area contributed by atoms with E-state index in [-0.39, 0.29) is 5.41 Å². The Balaban J connectivity index is 2.17. The van der Waals surface area contributed by atoms with Crippen molar-refractivity contribution < 1.29 is 0 Å². The van der Waals surface area contributed by atoms with Crippen molar-refractivity contribution in [3.8, 4) is 0 Å². The summed E-state index contributed by atoms with van der Waals surface area (Å²) in [5.74, 6) is 0. The van der Waals surface area contributed by atoms with Crippen molar-refractivity contribution >= 4 is 5.69 Å². The summed E-state index contributed by atoms with van der Waals surface area (Å²) in [4.78, 5) is 2.37. The predicted molar refractivity (Wildman–Crippen MR) is 66.5 cm³/mol. The van der Waals surface area contributed by atoms with Gasteiger partial charge in [-0.2, -0.15) is 0 Å². The molecule has 0 N–H and O–H groups in total. The molecule has 2 rings (SSSR count). The highest BCUT2D eigenvalue weighted by molar-refractivity contribution is 5.50. The van der Waals surface area contributed by atoms with E-state index in [4.69, 9.17) is 0 Å². The second-order valence-electron chi connectivity index (χ2n) is 5.17. The Labute approximate surface area is 92.4 Å². The smallest absolute Gasteiger partial charge is 0.0372 e. The molecule has 15 heavy (non-hydrogen) atoms. The third-order valence-corrected chi connectivity index (χ3v) is 2.92. The topological polar surface area (TPSA) is 3.24 Å². The molecule has 0 spiro atoms. The summed E-state index contributed by atoms with van der Waals surface area (Å²) in [6.45, 7) is 8.85. The number of nitrogens with zero attached hydrogens (tertiary/aromatic N) is 1. The average Bonchev–Trinajstić information content (AvgIpc) is 2.69. The highest BCUT2D eigenvalue weighted by atomic mass is 15.1. The number of rotatable bonds is 1. The van der Waals surface area contributed by atoms with Crippen LogP contribution >= 0.6 is 0 Å². The van der Waals surface area contributed by atoms with E-state index in [2.05, 4.69) is 62.1 Å². The van der Waals surface area contributed by atoms with Crippen LogP contribution in [0, 0.1) is 0 Å². The highest BCUT2D eigenvalue weighted by Gasteiger charge is 2.14. The molecule has 0 unspecified atom stereocenters. The van der Waals surface area contributed by atoms with Crippen LogP contribution in [0.2, 0.25) is 0 Å². The Morgan fingerprint density at radius 1 is 0.933 bits per heavy atom. The summed E-state index contributed by atoms with van der Waals surface area (Å²) in [6.07, 6.45) is 4.44. The Hall–Kier alpha value is -1.24. The van der Waals surface area contributed by atoms with Crippen molar-refractivity contribution in [2.75, 3.05) is 18.0 Å². The summed E-state index contributed by atoms with van der Waals surface area (Å²) < 4.78 is 0. The first kappa shape index (κ1) is 10.3. The van der Waals surface area contributed by atoms with Gasteiger partial charge in [-0.05, 0) is 23.1 Å². The largest absolute Gasteiger partial charge is 0.364 e. The van der Waals surface area contributed by atoms with Gasteiger partial charge in [0.25, 0.3) is 0 Å². The molecule has 1 nitrogen and oxygen atoms in total. The molecule has 0 radical (unpaired) electrons. The van der Waals surface area contributed by atoms with E-state index < -0.39 is 0 Å². The van der Waals surface area contributed by atoms with E-state index in [1.807, 2.05) is 0 Å². The van der Waals surface area contributed by atoms with E-state index in [0.717, 1.165) is 13.1 Å². The Kier molecular flexibility index (Phi) is 2.56. The predicted octanol–water partition coefficient (Wildman–Crippen LogP) is 3.36. The van der Waals surface area contributed by atoms with Crippen LogP contribution in [-0.4, -0.2) is 13.1 Å². The molecular formula is C14H19N. The van der Waals surface area contributed by atoms with Crippen LogP contribution in [0.4, 0.5) is 5.69 Å². The second-order valence-corrected chi connectivity index (χ2v) is 5.17. The summed E-state index contributed by atoms with van der Waals surface area (Å²) in [6, 6.07) is 8.95. The normalized spacial score (nSPS) is 16.1. The van der Waals surface area contributed by atoms with Gasteiger partial charge < -0.3 is 4.90 Å². The van der Waals surface area contributed by atoms with E-state index in [0.29, 0.717) is 0 Å². The van der Waals surface area contributed by atoms with Crippen LogP contribution in [0.5, 0.6) is 0 Å². The lowest BCUT2D eigenvalue weighted by Gasteiger charge is -2.22.